The van der Waals surface area contributed by atoms with Crippen LogP contribution in [0.3, 0.4) is 0 Å². The lowest BCUT2D eigenvalue weighted by Crippen LogP contribution is -3.00. The van der Waals surface area contributed by atoms with Gasteiger partial charge in [0, 0.05) is 13.0 Å². The van der Waals surface area contributed by atoms with E-state index in [1.807, 2.05) is 0 Å². The molecule has 0 rings (SSSR count). The van der Waals surface area contributed by atoms with Crippen molar-refractivity contribution in [3.05, 3.63) is 0 Å². The molecule has 0 N–H and O–H groups in total. The highest BCUT2D eigenvalue weighted by molar-refractivity contribution is 5.83. The molecule has 3 nitrogen and oxygen atoms in total. The molecular weight excluding hydrogens is 454 g/mol. The number of Topliss-reactive ketones (excluding diaryl/α,β-unsaturated/α-hetero) is 1. The highest BCUT2D eigenvalue weighted by atomic mass is 35.5. The summed E-state index contributed by atoms with van der Waals surface area (Å²) < 4.78 is 6.67. The molecule has 35 heavy (non-hydrogen) atoms. The third-order valence-electron chi connectivity index (χ3n) is 7.25. The predicted molar refractivity (Wildman–Crippen MR) is 151 cm³/mol. The molecule has 4 heteroatoms. The van der Waals surface area contributed by atoms with Gasteiger partial charge in [0.25, 0.3) is 0 Å². The second kappa shape index (κ2) is 26.9. The number of halogens is 1. The number of quaternary nitrogens is 1. The van der Waals surface area contributed by atoms with Crippen LogP contribution in [-0.4, -0.2) is 50.7 Å². The summed E-state index contributed by atoms with van der Waals surface area (Å²) in [7, 11) is 6.39. The summed E-state index contributed by atoms with van der Waals surface area (Å²) in [5.41, 5.74) is 0. The number of likely N-dealkylation sites (N-methyl/N-ethyl adjacent to an activating group) is 1. The number of hydrogen-bond acceptors (Lipinski definition) is 2. The standard InChI is InChI=1S/C31H64NO2.ClH/c1-6-8-10-12-14-16-17-18-20-22-24-26-28-34-29-30(32(3,4)5)31(33)27-25-23-21-19-15-13-11-9-7-2;/h30H,6-29H2,1-5H3;1H/q+1;/p-1. The van der Waals surface area contributed by atoms with Crippen LogP contribution in [0.15, 0.2) is 0 Å². The van der Waals surface area contributed by atoms with Crippen LogP contribution in [0.25, 0.3) is 0 Å². The zero-order chi connectivity index (χ0) is 25.3. The Bertz CT molecular complexity index is 436. The number of carbonyl (C=O) groups is 1. The molecule has 1 unspecified atom stereocenters. The number of carbonyl (C=O) groups excluding carboxylic acids is 1. The molecule has 0 aromatic heterocycles. The van der Waals surface area contributed by atoms with Gasteiger partial charge < -0.3 is 21.6 Å². The average molecular weight is 518 g/mol. The third kappa shape index (κ3) is 25.3. The Kier molecular flexibility index (Phi) is 28.5. The molecule has 0 radical (unpaired) electrons. The van der Waals surface area contributed by atoms with E-state index in [-0.39, 0.29) is 18.4 Å². The largest absolute Gasteiger partial charge is 1.00 e. The summed E-state index contributed by atoms with van der Waals surface area (Å²) in [5.74, 6) is 0.394. The molecule has 0 saturated heterocycles. The highest BCUT2D eigenvalue weighted by Gasteiger charge is 2.30. The number of ether oxygens (including phenoxy) is 1. The molecule has 1 atom stereocenters. The van der Waals surface area contributed by atoms with Crippen LogP contribution in [0.1, 0.15) is 155 Å². The molecule has 0 aromatic rings. The molecule has 212 valence electrons. The first-order valence-electron chi connectivity index (χ1n) is 15.3. The van der Waals surface area contributed by atoms with E-state index in [4.69, 9.17) is 4.74 Å². The van der Waals surface area contributed by atoms with Crippen molar-refractivity contribution < 1.29 is 26.4 Å². The van der Waals surface area contributed by atoms with E-state index in [2.05, 4.69) is 35.0 Å². The van der Waals surface area contributed by atoms with Crippen LogP contribution in [0, 0.1) is 0 Å². The van der Waals surface area contributed by atoms with Gasteiger partial charge in [0.1, 0.15) is 6.61 Å². The Hall–Kier alpha value is -0.120. The smallest absolute Gasteiger partial charge is 0.192 e. The summed E-state index contributed by atoms with van der Waals surface area (Å²) in [5, 5.41) is 0. The maximum Gasteiger partial charge on any atom is 0.192 e. The zero-order valence-electron chi connectivity index (χ0n) is 24.7. The first kappa shape index (κ1) is 37.0. The van der Waals surface area contributed by atoms with Crippen molar-refractivity contribution in [1.82, 2.24) is 0 Å². The van der Waals surface area contributed by atoms with E-state index in [0.29, 0.717) is 16.9 Å². The van der Waals surface area contributed by atoms with Crippen LogP contribution in [-0.2, 0) is 9.53 Å². The quantitative estimate of drug-likeness (QED) is 0.0947. The summed E-state index contributed by atoms with van der Waals surface area (Å²) in [6, 6.07) is -0.0219. The number of hydrogen-bond donors (Lipinski definition) is 0. The first-order chi connectivity index (χ1) is 16.4. The Balaban J connectivity index is 0. The molecule has 0 spiro atoms. The van der Waals surface area contributed by atoms with Crippen molar-refractivity contribution in [2.45, 2.75) is 161 Å². The molecule has 0 aromatic carbocycles. The predicted octanol–water partition coefficient (Wildman–Crippen LogP) is 6.27. The van der Waals surface area contributed by atoms with Gasteiger partial charge in [-0.15, -0.1) is 0 Å². The Labute approximate surface area is 227 Å². The van der Waals surface area contributed by atoms with Crippen LogP contribution in [0.2, 0.25) is 0 Å². The van der Waals surface area contributed by atoms with Gasteiger partial charge in [0.05, 0.1) is 21.1 Å². The summed E-state index contributed by atoms with van der Waals surface area (Å²) in [4.78, 5) is 12.9. The topological polar surface area (TPSA) is 26.3 Å². The molecule has 0 bridgehead atoms. The van der Waals surface area contributed by atoms with E-state index in [0.717, 1.165) is 25.9 Å². The van der Waals surface area contributed by atoms with Gasteiger partial charge in [0.15, 0.2) is 11.8 Å². The number of rotatable bonds is 27. The van der Waals surface area contributed by atoms with Crippen LogP contribution in [0.5, 0.6) is 0 Å². The Morgan fingerprint density at radius 1 is 0.571 bits per heavy atom. The molecule has 0 saturated carbocycles. The van der Waals surface area contributed by atoms with Gasteiger partial charge in [-0.25, -0.2) is 0 Å². The maximum atomic E-state index is 12.9. The molecule has 0 heterocycles. The van der Waals surface area contributed by atoms with E-state index in [9.17, 15) is 4.79 Å². The minimum absolute atomic E-state index is 0. The van der Waals surface area contributed by atoms with Crippen molar-refractivity contribution in [1.29, 1.82) is 0 Å². The van der Waals surface area contributed by atoms with Gasteiger partial charge >= 0.3 is 0 Å². The normalized spacial score (nSPS) is 12.5. The van der Waals surface area contributed by atoms with E-state index in [1.165, 1.54) is 122 Å². The zero-order valence-corrected chi connectivity index (χ0v) is 25.4. The van der Waals surface area contributed by atoms with Gasteiger partial charge in [-0.1, -0.05) is 136 Å². The number of unbranched alkanes of at least 4 members (excludes halogenated alkanes) is 19. The lowest BCUT2D eigenvalue weighted by Gasteiger charge is -2.33. The fourth-order valence-electron chi connectivity index (χ4n) is 4.77. The first-order valence-corrected chi connectivity index (χ1v) is 15.3. The van der Waals surface area contributed by atoms with Crippen LogP contribution >= 0.6 is 0 Å². The third-order valence-corrected chi connectivity index (χ3v) is 7.25. The van der Waals surface area contributed by atoms with Crippen LogP contribution in [0.4, 0.5) is 0 Å². The van der Waals surface area contributed by atoms with Crippen molar-refractivity contribution in [2.75, 3.05) is 34.4 Å². The lowest BCUT2D eigenvalue weighted by molar-refractivity contribution is -0.887. The van der Waals surface area contributed by atoms with Gasteiger partial charge in [0.2, 0.25) is 0 Å². The summed E-state index contributed by atoms with van der Waals surface area (Å²) in [6.07, 6.45) is 28.8. The minimum atomic E-state index is -0.0219. The molecule has 0 aliphatic rings. The SMILES string of the molecule is CCCCCCCCCCCCCCOCC(C(=O)CCCCCCCCCCC)[N+](C)(C)C.[Cl-]. The van der Waals surface area contributed by atoms with E-state index in [1.54, 1.807) is 0 Å². The monoisotopic (exact) mass is 517 g/mol. The second-order valence-corrected chi connectivity index (χ2v) is 11.6. The van der Waals surface area contributed by atoms with Crippen LogP contribution < -0.4 is 12.4 Å². The summed E-state index contributed by atoms with van der Waals surface area (Å²) >= 11 is 0. The van der Waals surface area contributed by atoms with Crippen molar-refractivity contribution in [3.63, 3.8) is 0 Å². The second-order valence-electron chi connectivity index (χ2n) is 11.6. The average Bonchev–Trinajstić information content (AvgIpc) is 2.79. The molecule has 0 amide bonds. The number of ketones is 1. The molecule has 0 fully saturated rings. The molecule has 0 aliphatic carbocycles. The van der Waals surface area contributed by atoms with E-state index >= 15 is 0 Å². The minimum Gasteiger partial charge on any atom is -1.00 e. The fourth-order valence-corrected chi connectivity index (χ4v) is 4.77. The lowest BCUT2D eigenvalue weighted by atomic mass is 10.0. The van der Waals surface area contributed by atoms with Crippen molar-refractivity contribution in [2.24, 2.45) is 0 Å². The Morgan fingerprint density at radius 3 is 1.29 bits per heavy atom. The van der Waals surface area contributed by atoms with Gasteiger partial charge in [-0.3, -0.25) is 4.79 Å². The number of nitrogens with zero attached hydrogens (tertiary/aromatic N) is 1. The molecule has 0 aliphatic heterocycles. The van der Waals surface area contributed by atoms with Crippen molar-refractivity contribution >= 4 is 5.78 Å². The molecular formula is C31H64ClNO2. The van der Waals surface area contributed by atoms with Gasteiger partial charge in [-0.05, 0) is 12.8 Å². The summed E-state index contributed by atoms with van der Waals surface area (Å²) in [6.45, 7) is 5.94. The fraction of sp³-hybridized carbons (Fsp3) is 0.968. The maximum absolute atomic E-state index is 12.9. The Morgan fingerprint density at radius 2 is 0.914 bits per heavy atom. The highest BCUT2D eigenvalue weighted by Crippen LogP contribution is 2.15. The van der Waals surface area contributed by atoms with Gasteiger partial charge in [-0.2, -0.15) is 0 Å². The van der Waals surface area contributed by atoms with Crippen molar-refractivity contribution in [3.8, 4) is 0 Å². The van der Waals surface area contributed by atoms with E-state index < -0.39 is 0 Å².